The zero-order chi connectivity index (χ0) is 16.2. The summed E-state index contributed by atoms with van der Waals surface area (Å²) in [6.45, 7) is 8.01. The Labute approximate surface area is 120 Å². The van der Waals surface area contributed by atoms with Gasteiger partial charge in [0.2, 0.25) is 0 Å². The highest BCUT2D eigenvalue weighted by molar-refractivity contribution is 5.97. The lowest BCUT2D eigenvalue weighted by molar-refractivity contribution is -0.141. The quantitative estimate of drug-likeness (QED) is 0.901. The van der Waals surface area contributed by atoms with Gasteiger partial charge in [-0.25, -0.2) is 4.98 Å². The summed E-state index contributed by atoms with van der Waals surface area (Å²) in [7, 11) is 0. The summed E-state index contributed by atoms with van der Waals surface area (Å²) in [5, 5.41) is 2.95. The first-order chi connectivity index (χ1) is 9.39. The van der Waals surface area contributed by atoms with Gasteiger partial charge in [0, 0.05) is 6.04 Å². The van der Waals surface area contributed by atoms with E-state index < -0.39 is 17.8 Å². The Morgan fingerprint density at radius 1 is 1.24 bits per heavy atom. The Balaban J connectivity index is 2.40. The Morgan fingerprint density at radius 3 is 2.14 bits per heavy atom. The lowest BCUT2D eigenvalue weighted by Crippen LogP contribution is -2.21. The van der Waals surface area contributed by atoms with Crippen molar-refractivity contribution in [3.05, 3.63) is 23.4 Å². The summed E-state index contributed by atoms with van der Waals surface area (Å²) >= 11 is 0. The van der Waals surface area contributed by atoms with Crippen molar-refractivity contribution >= 4 is 11.7 Å². The van der Waals surface area contributed by atoms with Gasteiger partial charge in [-0.3, -0.25) is 4.79 Å². The number of primary amides is 1. The number of pyridine rings is 1. The zero-order valence-corrected chi connectivity index (χ0v) is 12.3. The molecule has 1 fully saturated rings. The molecule has 0 spiro atoms. The number of nitrogens with one attached hydrogen (secondary N) is 1. The molecule has 21 heavy (non-hydrogen) atoms. The van der Waals surface area contributed by atoms with Crippen LogP contribution in [-0.2, 0) is 6.18 Å². The summed E-state index contributed by atoms with van der Waals surface area (Å²) in [4.78, 5) is 14.9. The van der Waals surface area contributed by atoms with Crippen LogP contribution in [0.4, 0.5) is 19.0 Å². The maximum absolute atomic E-state index is 12.8. The minimum absolute atomic E-state index is 0.0403. The van der Waals surface area contributed by atoms with Gasteiger partial charge in [-0.2, -0.15) is 13.2 Å². The first-order valence-electron chi connectivity index (χ1n) is 6.53. The van der Waals surface area contributed by atoms with Gasteiger partial charge in [0.1, 0.15) is 11.5 Å². The molecule has 1 aliphatic carbocycles. The number of nitrogens with zero attached hydrogens (tertiary/aromatic N) is 1. The molecule has 116 valence electrons. The van der Waals surface area contributed by atoms with Crippen LogP contribution in [0.1, 0.15) is 43.7 Å². The van der Waals surface area contributed by atoms with E-state index in [2.05, 4.69) is 10.3 Å². The molecule has 2 rings (SSSR count). The molecule has 0 unspecified atom stereocenters. The third kappa shape index (κ3) is 2.45. The lowest BCUT2D eigenvalue weighted by Gasteiger charge is -2.13. The van der Waals surface area contributed by atoms with Gasteiger partial charge in [-0.15, -0.1) is 0 Å². The van der Waals surface area contributed by atoms with E-state index in [-0.39, 0.29) is 28.3 Å². The fraction of sp³-hybridized carbons (Fsp3) is 0.571. The van der Waals surface area contributed by atoms with Crippen molar-refractivity contribution in [2.24, 2.45) is 16.6 Å². The molecule has 1 saturated carbocycles. The molecule has 0 saturated heterocycles. The zero-order valence-electron chi connectivity index (χ0n) is 12.3. The van der Waals surface area contributed by atoms with E-state index in [0.717, 1.165) is 12.1 Å². The average Bonchev–Trinajstić information content (AvgIpc) is 2.70. The molecule has 4 nitrogen and oxygen atoms in total. The standard InChI is InChI=1S/C14H18F3N3O/c1-12(2)11(13(12,3)4)20-10-7(9(18)21)5-6-8(19-10)14(15,16)17/h5-6,11H,1-4H3,(H2,18,21)(H,19,20). The minimum Gasteiger partial charge on any atom is -0.366 e. The summed E-state index contributed by atoms with van der Waals surface area (Å²) < 4.78 is 38.3. The maximum atomic E-state index is 12.8. The predicted molar refractivity (Wildman–Crippen MR) is 72.7 cm³/mol. The first-order valence-corrected chi connectivity index (χ1v) is 6.53. The first kappa shape index (κ1) is 15.6. The molecule has 1 amide bonds. The molecule has 0 radical (unpaired) electrons. The van der Waals surface area contributed by atoms with Crippen LogP contribution in [0.2, 0.25) is 0 Å². The molecule has 0 atom stereocenters. The van der Waals surface area contributed by atoms with Crippen molar-refractivity contribution in [3.8, 4) is 0 Å². The average molecular weight is 301 g/mol. The Hall–Kier alpha value is -1.79. The second-order valence-corrected chi connectivity index (χ2v) is 6.48. The summed E-state index contributed by atoms with van der Waals surface area (Å²) in [5.74, 6) is -0.920. The van der Waals surface area contributed by atoms with E-state index in [9.17, 15) is 18.0 Å². The highest BCUT2D eigenvalue weighted by Gasteiger charge is 2.65. The molecular weight excluding hydrogens is 283 g/mol. The molecule has 1 aromatic rings. The number of hydrogen-bond acceptors (Lipinski definition) is 3. The second kappa shape index (κ2) is 4.35. The van der Waals surface area contributed by atoms with E-state index in [1.54, 1.807) is 0 Å². The van der Waals surface area contributed by atoms with Crippen LogP contribution in [0.5, 0.6) is 0 Å². The van der Waals surface area contributed by atoms with Gasteiger partial charge in [0.25, 0.3) is 5.91 Å². The van der Waals surface area contributed by atoms with Crippen LogP contribution >= 0.6 is 0 Å². The Bertz CT molecular complexity index is 580. The van der Waals surface area contributed by atoms with Crippen molar-refractivity contribution in [3.63, 3.8) is 0 Å². The summed E-state index contributed by atoms with van der Waals surface area (Å²) in [6, 6.07) is 1.73. The van der Waals surface area contributed by atoms with Gasteiger partial charge in [0.05, 0.1) is 5.56 Å². The summed E-state index contributed by atoms with van der Waals surface area (Å²) in [5.41, 5.74) is 3.89. The molecular formula is C14H18F3N3O. The highest BCUT2D eigenvalue weighted by atomic mass is 19.4. The van der Waals surface area contributed by atoms with E-state index in [0.29, 0.717) is 0 Å². The SMILES string of the molecule is CC1(C)C(Nc2nc(C(F)(F)F)ccc2C(N)=O)C1(C)C. The molecule has 1 aliphatic rings. The monoisotopic (exact) mass is 301 g/mol. The second-order valence-electron chi connectivity index (χ2n) is 6.48. The number of alkyl halides is 3. The predicted octanol–water partition coefficient (Wildman–Crippen LogP) is 3.05. The highest BCUT2D eigenvalue weighted by Crippen LogP contribution is 2.63. The van der Waals surface area contributed by atoms with Crippen molar-refractivity contribution in [1.82, 2.24) is 4.98 Å². The van der Waals surface area contributed by atoms with Gasteiger partial charge >= 0.3 is 6.18 Å². The number of halogens is 3. The number of carbonyl (C=O) groups excluding carboxylic acids is 1. The minimum atomic E-state index is -4.57. The van der Waals surface area contributed by atoms with Crippen LogP contribution in [0.25, 0.3) is 0 Å². The summed E-state index contributed by atoms with van der Waals surface area (Å²) in [6.07, 6.45) is -4.57. The normalized spacial score (nSPS) is 20.1. The molecule has 3 N–H and O–H groups in total. The van der Waals surface area contributed by atoms with Crippen LogP contribution in [-0.4, -0.2) is 16.9 Å². The van der Waals surface area contributed by atoms with Crippen LogP contribution in [0.15, 0.2) is 12.1 Å². The van der Waals surface area contributed by atoms with Crippen LogP contribution < -0.4 is 11.1 Å². The molecule has 1 heterocycles. The van der Waals surface area contributed by atoms with Crippen molar-refractivity contribution in [2.75, 3.05) is 5.32 Å². The molecule has 7 heteroatoms. The number of hydrogen-bond donors (Lipinski definition) is 2. The topological polar surface area (TPSA) is 68.0 Å². The van der Waals surface area contributed by atoms with E-state index >= 15 is 0 Å². The van der Waals surface area contributed by atoms with Crippen LogP contribution in [0, 0.1) is 10.8 Å². The van der Waals surface area contributed by atoms with E-state index in [1.807, 2.05) is 27.7 Å². The fourth-order valence-electron chi connectivity index (χ4n) is 2.62. The molecule has 0 bridgehead atoms. The maximum Gasteiger partial charge on any atom is 0.433 e. The van der Waals surface area contributed by atoms with Gasteiger partial charge in [0.15, 0.2) is 0 Å². The number of amides is 1. The van der Waals surface area contributed by atoms with E-state index in [4.69, 9.17) is 5.73 Å². The third-order valence-corrected chi connectivity index (χ3v) is 4.75. The third-order valence-electron chi connectivity index (χ3n) is 4.75. The van der Waals surface area contributed by atoms with Gasteiger partial charge in [-0.1, -0.05) is 27.7 Å². The van der Waals surface area contributed by atoms with Gasteiger partial charge in [-0.05, 0) is 23.0 Å². The Morgan fingerprint density at radius 2 is 1.76 bits per heavy atom. The number of anilines is 1. The number of rotatable bonds is 3. The van der Waals surface area contributed by atoms with Gasteiger partial charge < -0.3 is 11.1 Å². The molecule has 1 aromatic heterocycles. The Kier molecular flexibility index (Phi) is 3.23. The fourth-order valence-corrected chi connectivity index (χ4v) is 2.62. The lowest BCUT2D eigenvalue weighted by atomic mass is 10.0. The van der Waals surface area contributed by atoms with Crippen molar-refractivity contribution in [2.45, 2.75) is 39.9 Å². The van der Waals surface area contributed by atoms with Crippen LogP contribution in [0.3, 0.4) is 0 Å². The van der Waals surface area contributed by atoms with Crippen molar-refractivity contribution < 1.29 is 18.0 Å². The molecule has 0 aliphatic heterocycles. The number of carbonyl (C=O) groups is 1. The van der Waals surface area contributed by atoms with Crippen molar-refractivity contribution in [1.29, 1.82) is 0 Å². The smallest absolute Gasteiger partial charge is 0.366 e. The largest absolute Gasteiger partial charge is 0.433 e. The number of nitrogens with two attached hydrogens (primary N) is 1. The van der Waals surface area contributed by atoms with E-state index in [1.165, 1.54) is 0 Å². The molecule has 0 aromatic carbocycles. The number of aromatic nitrogens is 1.